The number of rotatable bonds is 7. The van der Waals surface area contributed by atoms with E-state index in [2.05, 4.69) is 16.3 Å². The average Bonchev–Trinajstić information content (AvgIpc) is 3.01. The Hall–Kier alpha value is -2.22. The highest BCUT2D eigenvalue weighted by molar-refractivity contribution is 7.89. The number of hydrogen-bond acceptors (Lipinski definition) is 2. The van der Waals surface area contributed by atoms with Crippen LogP contribution in [0.15, 0.2) is 60.1 Å². The minimum atomic E-state index is -4.24. The molecule has 0 aliphatic heterocycles. The van der Waals surface area contributed by atoms with Crippen molar-refractivity contribution >= 4 is 32.5 Å². The maximum absolute atomic E-state index is 14.0. The highest BCUT2D eigenvalue weighted by atomic mass is 35.5. The van der Waals surface area contributed by atoms with E-state index in [1.165, 1.54) is 0 Å². The third kappa shape index (κ3) is 4.21. The summed E-state index contributed by atoms with van der Waals surface area (Å²) in [5.74, 6) is -2.22. The van der Waals surface area contributed by atoms with E-state index in [-0.39, 0.29) is 0 Å². The molecule has 0 spiro atoms. The van der Waals surface area contributed by atoms with Crippen LogP contribution in [-0.2, 0) is 16.4 Å². The number of H-pyrrole nitrogens is 1. The molecule has 0 bridgehead atoms. The Morgan fingerprint density at radius 3 is 2.70 bits per heavy atom. The van der Waals surface area contributed by atoms with Gasteiger partial charge in [-0.1, -0.05) is 35.9 Å². The molecule has 0 unspecified atom stereocenters. The summed E-state index contributed by atoms with van der Waals surface area (Å²) in [5, 5.41) is 0.510. The van der Waals surface area contributed by atoms with Gasteiger partial charge in [0.25, 0.3) is 0 Å². The van der Waals surface area contributed by atoms with E-state index in [0.717, 1.165) is 22.5 Å². The Bertz CT molecular complexity index is 1100. The van der Waals surface area contributed by atoms with Gasteiger partial charge in [-0.3, -0.25) is 0 Å². The van der Waals surface area contributed by atoms with Crippen LogP contribution in [0.3, 0.4) is 0 Å². The molecule has 0 radical (unpaired) electrons. The normalized spacial score (nSPS) is 13.0. The van der Waals surface area contributed by atoms with Gasteiger partial charge in [0.15, 0.2) is 0 Å². The molecule has 2 N–H and O–H groups in total. The number of halogens is 3. The first-order valence-corrected chi connectivity index (χ1v) is 10.0. The van der Waals surface area contributed by atoms with Crippen molar-refractivity contribution in [3.63, 3.8) is 0 Å². The Morgan fingerprint density at radius 1 is 1.22 bits per heavy atom. The molecule has 0 saturated heterocycles. The number of aromatic amines is 1. The monoisotopic (exact) mass is 410 g/mol. The van der Waals surface area contributed by atoms with Crippen LogP contribution in [0.5, 0.6) is 0 Å². The van der Waals surface area contributed by atoms with Crippen molar-refractivity contribution < 1.29 is 17.2 Å². The molecule has 2 aromatic carbocycles. The standard InChI is InChI=1S/C19H17ClF2N2O2S/c1-2-5-13(8-12-11-23-18-7-4-3-6-14(12)18)24-27(25,26)19-9-15(20)16(21)10-17(19)22/h2-4,6-7,9-11,13,23-24H,1,5,8H2/t13-/m0/s1. The quantitative estimate of drug-likeness (QED) is 0.443. The predicted molar refractivity (Wildman–Crippen MR) is 102 cm³/mol. The van der Waals surface area contributed by atoms with Crippen molar-refractivity contribution in [3.8, 4) is 0 Å². The van der Waals surface area contributed by atoms with Gasteiger partial charge < -0.3 is 4.98 Å². The second-order valence-electron chi connectivity index (χ2n) is 6.10. The second kappa shape index (κ2) is 7.80. The van der Waals surface area contributed by atoms with Crippen molar-refractivity contribution in [2.45, 2.75) is 23.8 Å². The lowest BCUT2D eigenvalue weighted by Gasteiger charge is -2.18. The summed E-state index contributed by atoms with van der Waals surface area (Å²) in [6.45, 7) is 3.65. The Labute approximate surface area is 160 Å². The fourth-order valence-corrected chi connectivity index (χ4v) is 4.50. The summed E-state index contributed by atoms with van der Waals surface area (Å²) in [6, 6.07) is 8.30. The maximum atomic E-state index is 14.0. The van der Waals surface area contributed by atoms with Crippen LogP contribution in [0, 0.1) is 11.6 Å². The minimum Gasteiger partial charge on any atom is -0.361 e. The average molecular weight is 411 g/mol. The Morgan fingerprint density at radius 2 is 1.96 bits per heavy atom. The van der Waals surface area contributed by atoms with E-state index in [1.54, 1.807) is 6.08 Å². The third-order valence-electron chi connectivity index (χ3n) is 4.18. The molecule has 0 saturated carbocycles. The second-order valence-corrected chi connectivity index (χ2v) is 8.19. The third-order valence-corrected chi connectivity index (χ3v) is 6.00. The number of fused-ring (bicyclic) bond motifs is 1. The molecule has 1 aromatic heterocycles. The predicted octanol–water partition coefficient (Wildman–Crippen LogP) is 4.57. The molecule has 0 fully saturated rings. The molecule has 142 valence electrons. The first-order valence-electron chi connectivity index (χ1n) is 8.14. The largest absolute Gasteiger partial charge is 0.361 e. The Kier molecular flexibility index (Phi) is 5.64. The molecule has 1 heterocycles. The van der Waals surface area contributed by atoms with Crippen molar-refractivity contribution in [2.75, 3.05) is 0 Å². The summed E-state index contributed by atoms with van der Waals surface area (Å²) < 4.78 is 55.0. The summed E-state index contributed by atoms with van der Waals surface area (Å²) in [7, 11) is -4.24. The van der Waals surface area contributed by atoms with Crippen LogP contribution in [0.2, 0.25) is 5.02 Å². The zero-order valence-electron chi connectivity index (χ0n) is 14.2. The zero-order chi connectivity index (χ0) is 19.6. The van der Waals surface area contributed by atoms with E-state index in [4.69, 9.17) is 11.6 Å². The molecule has 0 aliphatic rings. The molecular formula is C19H17ClF2N2O2S. The Balaban J connectivity index is 1.89. The van der Waals surface area contributed by atoms with E-state index in [9.17, 15) is 17.2 Å². The number of benzene rings is 2. The lowest BCUT2D eigenvalue weighted by Crippen LogP contribution is -2.36. The van der Waals surface area contributed by atoms with Crippen LogP contribution in [0.25, 0.3) is 10.9 Å². The van der Waals surface area contributed by atoms with Gasteiger partial charge in [-0.25, -0.2) is 21.9 Å². The molecule has 27 heavy (non-hydrogen) atoms. The van der Waals surface area contributed by atoms with Gasteiger partial charge in [0.05, 0.1) is 5.02 Å². The van der Waals surface area contributed by atoms with E-state index in [0.29, 0.717) is 18.9 Å². The van der Waals surface area contributed by atoms with Gasteiger partial charge in [-0.15, -0.1) is 6.58 Å². The van der Waals surface area contributed by atoms with Crippen LogP contribution in [-0.4, -0.2) is 19.4 Å². The lowest BCUT2D eigenvalue weighted by molar-refractivity contribution is 0.527. The number of sulfonamides is 1. The zero-order valence-corrected chi connectivity index (χ0v) is 15.7. The highest BCUT2D eigenvalue weighted by Crippen LogP contribution is 2.24. The number of aromatic nitrogens is 1. The number of nitrogens with one attached hydrogen (secondary N) is 2. The summed E-state index contributed by atoms with van der Waals surface area (Å²) in [5.41, 5.74) is 1.85. The van der Waals surface area contributed by atoms with Gasteiger partial charge in [0.2, 0.25) is 10.0 Å². The maximum Gasteiger partial charge on any atom is 0.243 e. The summed E-state index contributed by atoms with van der Waals surface area (Å²) >= 11 is 5.62. The molecule has 0 amide bonds. The van der Waals surface area contributed by atoms with Gasteiger partial charge >= 0.3 is 0 Å². The fraction of sp³-hybridized carbons (Fsp3) is 0.158. The summed E-state index contributed by atoms with van der Waals surface area (Å²) in [4.78, 5) is 2.44. The smallest absolute Gasteiger partial charge is 0.243 e. The SMILES string of the molecule is C=CC[C@@H](Cc1c[nH]c2ccccc12)NS(=O)(=O)c1cc(Cl)c(F)cc1F. The topological polar surface area (TPSA) is 62.0 Å². The molecule has 8 heteroatoms. The summed E-state index contributed by atoms with van der Waals surface area (Å²) in [6.07, 6.45) is 4.08. The first-order chi connectivity index (χ1) is 12.8. The van der Waals surface area contributed by atoms with Gasteiger partial charge in [-0.2, -0.15) is 0 Å². The van der Waals surface area contributed by atoms with E-state index >= 15 is 0 Å². The highest BCUT2D eigenvalue weighted by Gasteiger charge is 2.25. The number of para-hydroxylation sites is 1. The van der Waals surface area contributed by atoms with Crippen molar-refractivity contribution in [1.82, 2.24) is 9.71 Å². The van der Waals surface area contributed by atoms with Crippen LogP contribution in [0.1, 0.15) is 12.0 Å². The van der Waals surface area contributed by atoms with Crippen LogP contribution < -0.4 is 4.72 Å². The van der Waals surface area contributed by atoms with Gasteiger partial charge in [0.1, 0.15) is 16.5 Å². The van der Waals surface area contributed by atoms with E-state index < -0.39 is 37.6 Å². The molecule has 4 nitrogen and oxygen atoms in total. The molecule has 0 aliphatic carbocycles. The molecular weight excluding hydrogens is 394 g/mol. The fourth-order valence-electron chi connectivity index (χ4n) is 2.93. The molecule has 1 atom stereocenters. The van der Waals surface area contributed by atoms with Crippen molar-refractivity contribution in [1.29, 1.82) is 0 Å². The number of hydrogen-bond donors (Lipinski definition) is 2. The lowest BCUT2D eigenvalue weighted by atomic mass is 10.0. The van der Waals surface area contributed by atoms with Gasteiger partial charge in [0, 0.05) is 29.2 Å². The first kappa shape index (κ1) is 19.5. The minimum absolute atomic E-state index is 0.329. The van der Waals surface area contributed by atoms with Crippen LogP contribution in [0.4, 0.5) is 8.78 Å². The van der Waals surface area contributed by atoms with E-state index in [1.807, 2.05) is 30.5 Å². The van der Waals surface area contributed by atoms with Crippen LogP contribution >= 0.6 is 11.6 Å². The molecule has 3 rings (SSSR count). The van der Waals surface area contributed by atoms with Gasteiger partial charge in [-0.05, 0) is 30.5 Å². The van der Waals surface area contributed by atoms with Crippen molar-refractivity contribution in [3.05, 3.63) is 77.5 Å². The molecule has 3 aromatic rings. The van der Waals surface area contributed by atoms with Crippen molar-refractivity contribution in [2.24, 2.45) is 0 Å².